The van der Waals surface area contributed by atoms with Gasteiger partial charge in [0.15, 0.2) is 5.82 Å². The standard InChI is InChI=1S/C24H31ClN6O/c1-24(2,16-4-5-16)30(3)19-10-11-21(15(12-19)13-26)31-14-20(22(27)32)23(29-31)28-18-8-6-17(25)7-9-18/h6-9,14-16,19,21H,4-5,10-12H2,1-3H3,(H2,27,32)(H,28,29). The summed E-state index contributed by atoms with van der Waals surface area (Å²) in [7, 11) is 2.20. The smallest absolute Gasteiger partial charge is 0.254 e. The Labute approximate surface area is 194 Å². The second kappa shape index (κ2) is 8.76. The van der Waals surface area contributed by atoms with Crippen molar-refractivity contribution in [3.8, 4) is 6.07 Å². The molecule has 1 aromatic carbocycles. The average Bonchev–Trinajstić information content (AvgIpc) is 3.56. The van der Waals surface area contributed by atoms with Gasteiger partial charge in [0, 0.05) is 28.5 Å². The first kappa shape index (κ1) is 22.6. The predicted molar refractivity (Wildman–Crippen MR) is 126 cm³/mol. The van der Waals surface area contributed by atoms with Crippen LogP contribution >= 0.6 is 11.6 Å². The van der Waals surface area contributed by atoms with Crippen LogP contribution in [0.4, 0.5) is 11.5 Å². The van der Waals surface area contributed by atoms with Gasteiger partial charge >= 0.3 is 0 Å². The van der Waals surface area contributed by atoms with Gasteiger partial charge < -0.3 is 11.1 Å². The quantitative estimate of drug-likeness (QED) is 0.629. The van der Waals surface area contributed by atoms with Crippen LogP contribution in [0, 0.1) is 23.2 Å². The molecule has 0 bridgehead atoms. The van der Waals surface area contributed by atoms with Crippen molar-refractivity contribution in [1.82, 2.24) is 14.7 Å². The van der Waals surface area contributed by atoms with Crippen LogP contribution < -0.4 is 11.1 Å². The van der Waals surface area contributed by atoms with Gasteiger partial charge in [-0.1, -0.05) is 11.6 Å². The summed E-state index contributed by atoms with van der Waals surface area (Å²) in [5, 5.41) is 18.4. The van der Waals surface area contributed by atoms with Crippen LogP contribution in [0.3, 0.4) is 0 Å². The Morgan fingerprint density at radius 3 is 2.56 bits per heavy atom. The molecule has 3 atom stereocenters. The summed E-state index contributed by atoms with van der Waals surface area (Å²) in [6.45, 7) is 4.64. The van der Waals surface area contributed by atoms with Crippen molar-refractivity contribution >= 4 is 29.0 Å². The lowest BCUT2D eigenvalue weighted by atomic mass is 9.80. The molecular weight excluding hydrogens is 424 g/mol. The highest BCUT2D eigenvalue weighted by Crippen LogP contribution is 2.45. The van der Waals surface area contributed by atoms with E-state index in [1.54, 1.807) is 23.0 Å². The zero-order chi connectivity index (χ0) is 23.0. The Morgan fingerprint density at radius 2 is 1.97 bits per heavy atom. The van der Waals surface area contributed by atoms with Crippen molar-refractivity contribution in [3.05, 3.63) is 41.0 Å². The molecule has 1 heterocycles. The van der Waals surface area contributed by atoms with Crippen molar-refractivity contribution in [2.24, 2.45) is 17.6 Å². The van der Waals surface area contributed by atoms with Crippen molar-refractivity contribution < 1.29 is 4.79 Å². The number of rotatable bonds is 7. The lowest BCUT2D eigenvalue weighted by Crippen LogP contribution is -2.51. The van der Waals surface area contributed by atoms with Crippen molar-refractivity contribution in [2.45, 2.75) is 63.6 Å². The van der Waals surface area contributed by atoms with E-state index in [1.807, 2.05) is 12.1 Å². The second-order valence-electron chi connectivity index (χ2n) is 9.68. The zero-order valence-electron chi connectivity index (χ0n) is 18.9. The molecule has 3 unspecified atom stereocenters. The Hall–Kier alpha value is -2.56. The molecule has 8 heteroatoms. The van der Waals surface area contributed by atoms with Gasteiger partial charge in [-0.15, -0.1) is 0 Å². The number of nitriles is 1. The molecule has 0 spiro atoms. The Morgan fingerprint density at radius 1 is 1.28 bits per heavy atom. The van der Waals surface area contributed by atoms with Gasteiger partial charge in [-0.25, -0.2) is 0 Å². The van der Waals surface area contributed by atoms with Crippen molar-refractivity contribution in [3.63, 3.8) is 0 Å². The van der Waals surface area contributed by atoms with Crippen LogP contribution in [-0.2, 0) is 0 Å². The molecular formula is C24H31ClN6O. The van der Waals surface area contributed by atoms with Gasteiger partial charge in [0.2, 0.25) is 0 Å². The zero-order valence-corrected chi connectivity index (χ0v) is 19.6. The van der Waals surface area contributed by atoms with E-state index in [-0.39, 0.29) is 17.5 Å². The highest BCUT2D eigenvalue weighted by molar-refractivity contribution is 6.30. The highest BCUT2D eigenvalue weighted by Gasteiger charge is 2.45. The van der Waals surface area contributed by atoms with E-state index >= 15 is 0 Å². The monoisotopic (exact) mass is 454 g/mol. The molecule has 2 fully saturated rings. The number of anilines is 2. The van der Waals surface area contributed by atoms with Crippen LogP contribution in [0.2, 0.25) is 5.02 Å². The van der Waals surface area contributed by atoms with E-state index in [1.165, 1.54) is 12.8 Å². The number of aromatic nitrogens is 2. The van der Waals surface area contributed by atoms with Crippen LogP contribution in [0.1, 0.15) is 62.4 Å². The molecule has 2 saturated carbocycles. The van der Waals surface area contributed by atoms with E-state index in [2.05, 4.69) is 42.3 Å². The molecule has 2 aliphatic carbocycles. The van der Waals surface area contributed by atoms with Crippen LogP contribution in [-0.4, -0.2) is 39.2 Å². The maximum absolute atomic E-state index is 12.1. The summed E-state index contributed by atoms with van der Waals surface area (Å²) in [6.07, 6.45) is 6.87. The molecule has 3 N–H and O–H groups in total. The van der Waals surface area contributed by atoms with Crippen LogP contribution in [0.25, 0.3) is 0 Å². The van der Waals surface area contributed by atoms with Gasteiger partial charge in [0.05, 0.1) is 18.0 Å². The molecule has 1 amide bonds. The molecule has 32 heavy (non-hydrogen) atoms. The van der Waals surface area contributed by atoms with E-state index in [0.717, 1.165) is 30.9 Å². The topological polar surface area (TPSA) is 100.0 Å². The molecule has 4 rings (SSSR count). The number of carbonyl (C=O) groups is 1. The molecule has 2 aliphatic rings. The number of nitrogens with one attached hydrogen (secondary N) is 1. The molecule has 0 saturated heterocycles. The fraction of sp³-hybridized carbons (Fsp3) is 0.542. The number of halogens is 1. The number of hydrogen-bond donors (Lipinski definition) is 2. The molecule has 170 valence electrons. The van der Waals surface area contributed by atoms with E-state index < -0.39 is 5.91 Å². The number of carbonyl (C=O) groups excluding carboxylic acids is 1. The molecule has 7 nitrogen and oxygen atoms in total. The Bertz CT molecular complexity index is 1020. The highest BCUT2D eigenvalue weighted by atomic mass is 35.5. The first-order chi connectivity index (χ1) is 15.2. The molecule has 1 aromatic heterocycles. The summed E-state index contributed by atoms with van der Waals surface area (Å²) in [4.78, 5) is 14.6. The lowest BCUT2D eigenvalue weighted by Gasteiger charge is -2.45. The van der Waals surface area contributed by atoms with Crippen LogP contribution in [0.5, 0.6) is 0 Å². The van der Waals surface area contributed by atoms with Crippen molar-refractivity contribution in [2.75, 3.05) is 12.4 Å². The summed E-state index contributed by atoms with van der Waals surface area (Å²) >= 11 is 5.96. The summed E-state index contributed by atoms with van der Waals surface area (Å²) in [5.74, 6) is 0.401. The Kier molecular flexibility index (Phi) is 6.19. The number of primary amides is 1. The van der Waals surface area contributed by atoms with E-state index in [4.69, 9.17) is 17.3 Å². The number of nitrogens with two attached hydrogens (primary N) is 1. The number of hydrogen-bond acceptors (Lipinski definition) is 5. The van der Waals surface area contributed by atoms with Gasteiger partial charge in [-0.05, 0) is 83.2 Å². The fourth-order valence-electron chi connectivity index (χ4n) is 4.99. The Balaban J connectivity index is 1.53. The van der Waals surface area contributed by atoms with Crippen molar-refractivity contribution in [1.29, 1.82) is 5.26 Å². The van der Waals surface area contributed by atoms with Crippen LogP contribution in [0.15, 0.2) is 30.5 Å². The molecule has 2 aromatic rings. The third-order valence-corrected chi connectivity index (χ3v) is 7.68. The second-order valence-corrected chi connectivity index (χ2v) is 10.1. The maximum Gasteiger partial charge on any atom is 0.254 e. The number of benzene rings is 1. The summed E-state index contributed by atoms with van der Waals surface area (Å²) in [5.41, 5.74) is 6.84. The number of nitrogens with zero attached hydrogens (tertiary/aromatic N) is 4. The minimum atomic E-state index is -0.555. The van der Waals surface area contributed by atoms with Gasteiger partial charge in [0.1, 0.15) is 5.56 Å². The third kappa shape index (κ3) is 4.48. The summed E-state index contributed by atoms with van der Waals surface area (Å²) in [6, 6.07) is 9.93. The number of amides is 1. The normalized spacial score (nSPS) is 23.7. The molecule has 0 aliphatic heterocycles. The third-order valence-electron chi connectivity index (χ3n) is 7.43. The van der Waals surface area contributed by atoms with E-state index in [0.29, 0.717) is 22.4 Å². The maximum atomic E-state index is 12.1. The first-order valence-corrected chi connectivity index (χ1v) is 11.6. The summed E-state index contributed by atoms with van der Waals surface area (Å²) < 4.78 is 1.76. The van der Waals surface area contributed by atoms with Gasteiger partial charge in [-0.2, -0.15) is 10.4 Å². The van der Waals surface area contributed by atoms with E-state index in [9.17, 15) is 10.1 Å². The fourth-order valence-corrected chi connectivity index (χ4v) is 5.12. The SMILES string of the molecule is CN(C1CCC(n2cc(C(N)=O)c(Nc3ccc(Cl)cc3)n2)C(C#N)C1)C(C)(C)C1CC1. The van der Waals surface area contributed by atoms with Gasteiger partial charge in [-0.3, -0.25) is 14.4 Å². The lowest BCUT2D eigenvalue weighted by molar-refractivity contribution is 0.0422. The molecule has 0 radical (unpaired) electrons. The minimum Gasteiger partial charge on any atom is -0.365 e. The van der Waals surface area contributed by atoms with Gasteiger partial charge in [0.25, 0.3) is 5.91 Å². The average molecular weight is 455 g/mol. The first-order valence-electron chi connectivity index (χ1n) is 11.2. The minimum absolute atomic E-state index is 0.0902. The largest absolute Gasteiger partial charge is 0.365 e. The predicted octanol–water partition coefficient (Wildman–Crippen LogP) is 4.73.